The van der Waals surface area contributed by atoms with Gasteiger partial charge in [0.25, 0.3) is 0 Å². The number of carboxylic acid groups (broad SMARTS) is 1. The van der Waals surface area contributed by atoms with Gasteiger partial charge in [0, 0.05) is 11.8 Å². The van der Waals surface area contributed by atoms with Crippen LogP contribution in [0.5, 0.6) is 0 Å². The molecule has 0 spiro atoms. The van der Waals surface area contributed by atoms with Gasteiger partial charge in [-0.1, -0.05) is 94.4 Å². The zero-order chi connectivity index (χ0) is 24.8. The Morgan fingerprint density at radius 3 is 2.00 bits per heavy atom. The monoisotopic (exact) mass is 461 g/mol. The van der Waals surface area contributed by atoms with Crippen LogP contribution >= 0.6 is 0 Å². The van der Waals surface area contributed by atoms with Gasteiger partial charge in [0.05, 0.1) is 0 Å². The summed E-state index contributed by atoms with van der Waals surface area (Å²) in [6.07, 6.45) is 4.00. The molecule has 0 saturated heterocycles. The molecule has 176 valence electrons. The van der Waals surface area contributed by atoms with Gasteiger partial charge in [-0.3, -0.25) is 0 Å². The fourth-order valence-electron chi connectivity index (χ4n) is 5.28. The molecule has 1 aliphatic carbocycles. The number of rotatable bonds is 4. The van der Waals surface area contributed by atoms with Gasteiger partial charge in [-0.05, 0) is 74.7 Å². The Morgan fingerprint density at radius 2 is 1.34 bits per heavy atom. The molecule has 0 saturated carbocycles. The standard InChI is InChI=1S/C32H31NO2/c1-31(2)16-17-32(3,4)28-19-23(11-14-27(28)31)26-18-22(24-12-15-29(30(34)35)33-20-24)10-13-25(26)21-8-6-5-7-9-21/h5-15,18-20H,16-17H2,1-4H3,(H,34,35). The van der Waals surface area contributed by atoms with E-state index in [2.05, 4.69) is 93.3 Å². The number of hydrogen-bond donors (Lipinski definition) is 1. The Kier molecular flexibility index (Phi) is 5.59. The first kappa shape index (κ1) is 23.0. The molecule has 0 unspecified atom stereocenters. The second-order valence-corrected chi connectivity index (χ2v) is 10.9. The molecule has 4 aromatic rings. The van der Waals surface area contributed by atoms with Crippen molar-refractivity contribution in [3.63, 3.8) is 0 Å². The van der Waals surface area contributed by atoms with Crippen LogP contribution in [0.25, 0.3) is 33.4 Å². The number of aromatic nitrogens is 1. The van der Waals surface area contributed by atoms with E-state index < -0.39 is 5.97 Å². The zero-order valence-electron chi connectivity index (χ0n) is 20.8. The van der Waals surface area contributed by atoms with Gasteiger partial charge >= 0.3 is 5.97 Å². The number of aromatic carboxylic acids is 1. The summed E-state index contributed by atoms with van der Waals surface area (Å²) in [7, 11) is 0. The molecule has 1 heterocycles. The summed E-state index contributed by atoms with van der Waals surface area (Å²) in [6, 6.07) is 27.3. The molecule has 0 atom stereocenters. The Balaban J connectivity index is 1.69. The van der Waals surface area contributed by atoms with E-state index in [9.17, 15) is 9.90 Å². The molecule has 1 aromatic heterocycles. The second kappa shape index (κ2) is 8.49. The molecule has 3 aromatic carbocycles. The van der Waals surface area contributed by atoms with E-state index in [4.69, 9.17) is 0 Å². The SMILES string of the molecule is CC1(C)CCC(C)(C)c2cc(-c3cc(-c4ccc(C(=O)O)nc4)ccc3-c3ccccc3)ccc21. The fourth-order valence-corrected chi connectivity index (χ4v) is 5.28. The van der Waals surface area contributed by atoms with E-state index >= 15 is 0 Å². The van der Waals surface area contributed by atoms with Crippen molar-refractivity contribution >= 4 is 5.97 Å². The average molecular weight is 462 g/mol. The molecule has 0 amide bonds. The Labute approximate surface area is 207 Å². The van der Waals surface area contributed by atoms with Gasteiger partial charge < -0.3 is 5.11 Å². The Hall–Kier alpha value is -3.72. The minimum Gasteiger partial charge on any atom is -0.477 e. The zero-order valence-corrected chi connectivity index (χ0v) is 20.8. The second-order valence-electron chi connectivity index (χ2n) is 10.9. The molecule has 0 bridgehead atoms. The summed E-state index contributed by atoms with van der Waals surface area (Å²) in [5.41, 5.74) is 9.86. The molecule has 0 fully saturated rings. The number of carbonyl (C=O) groups is 1. The molecular formula is C32H31NO2. The molecule has 3 heteroatoms. The van der Waals surface area contributed by atoms with E-state index in [1.807, 2.05) is 12.1 Å². The molecule has 35 heavy (non-hydrogen) atoms. The first-order valence-corrected chi connectivity index (χ1v) is 12.2. The minimum absolute atomic E-state index is 0.0504. The van der Waals surface area contributed by atoms with Crippen LogP contribution in [0.4, 0.5) is 0 Å². The predicted molar refractivity (Wildman–Crippen MR) is 143 cm³/mol. The van der Waals surface area contributed by atoms with Crippen LogP contribution in [0.2, 0.25) is 0 Å². The summed E-state index contributed by atoms with van der Waals surface area (Å²) in [6.45, 7) is 9.42. The van der Waals surface area contributed by atoms with Crippen molar-refractivity contribution in [2.24, 2.45) is 0 Å². The van der Waals surface area contributed by atoms with E-state index in [1.165, 1.54) is 40.7 Å². The van der Waals surface area contributed by atoms with Crippen LogP contribution in [-0.4, -0.2) is 16.1 Å². The maximum absolute atomic E-state index is 11.2. The van der Waals surface area contributed by atoms with Gasteiger partial charge in [0.1, 0.15) is 5.69 Å². The third kappa shape index (κ3) is 4.27. The number of pyridine rings is 1. The molecule has 5 rings (SSSR count). The smallest absolute Gasteiger partial charge is 0.354 e. The van der Waals surface area contributed by atoms with E-state index in [0.717, 1.165) is 16.7 Å². The van der Waals surface area contributed by atoms with Gasteiger partial charge in [-0.15, -0.1) is 0 Å². The van der Waals surface area contributed by atoms with E-state index in [1.54, 1.807) is 12.3 Å². The molecule has 1 N–H and O–H groups in total. The highest BCUT2D eigenvalue weighted by molar-refractivity contribution is 5.88. The highest BCUT2D eigenvalue weighted by atomic mass is 16.4. The van der Waals surface area contributed by atoms with Crippen LogP contribution in [0.3, 0.4) is 0 Å². The van der Waals surface area contributed by atoms with Gasteiger partial charge in [-0.2, -0.15) is 0 Å². The van der Waals surface area contributed by atoms with Gasteiger partial charge in [-0.25, -0.2) is 9.78 Å². The molecule has 0 aliphatic heterocycles. The number of nitrogens with zero attached hydrogens (tertiary/aromatic N) is 1. The average Bonchev–Trinajstić information content (AvgIpc) is 2.87. The fraction of sp³-hybridized carbons (Fsp3) is 0.250. The van der Waals surface area contributed by atoms with Crippen LogP contribution in [0, 0.1) is 0 Å². The summed E-state index contributed by atoms with van der Waals surface area (Å²) in [5.74, 6) is -1.02. The summed E-state index contributed by atoms with van der Waals surface area (Å²) in [4.78, 5) is 15.4. The summed E-state index contributed by atoms with van der Waals surface area (Å²) >= 11 is 0. The van der Waals surface area contributed by atoms with Crippen molar-refractivity contribution in [2.75, 3.05) is 0 Å². The topological polar surface area (TPSA) is 50.2 Å². The van der Waals surface area contributed by atoms with E-state index in [0.29, 0.717) is 0 Å². The minimum atomic E-state index is -1.02. The molecular weight excluding hydrogens is 430 g/mol. The predicted octanol–water partition coefficient (Wildman–Crippen LogP) is 8.13. The third-order valence-corrected chi connectivity index (χ3v) is 7.58. The highest BCUT2D eigenvalue weighted by Crippen LogP contribution is 2.47. The summed E-state index contributed by atoms with van der Waals surface area (Å²) in [5, 5.41) is 9.21. The van der Waals surface area contributed by atoms with Crippen molar-refractivity contribution in [3.05, 3.63) is 102 Å². The van der Waals surface area contributed by atoms with Crippen LogP contribution in [-0.2, 0) is 10.8 Å². The van der Waals surface area contributed by atoms with Crippen LogP contribution in [0.15, 0.2) is 85.1 Å². The molecule has 3 nitrogen and oxygen atoms in total. The lowest BCUT2D eigenvalue weighted by molar-refractivity contribution is 0.0690. The molecule has 1 aliphatic rings. The molecule has 0 radical (unpaired) electrons. The van der Waals surface area contributed by atoms with Crippen LogP contribution < -0.4 is 0 Å². The van der Waals surface area contributed by atoms with Gasteiger partial charge in [0.2, 0.25) is 0 Å². The maximum Gasteiger partial charge on any atom is 0.354 e. The van der Waals surface area contributed by atoms with Crippen LogP contribution in [0.1, 0.15) is 62.2 Å². The van der Waals surface area contributed by atoms with Crippen molar-refractivity contribution in [1.82, 2.24) is 4.98 Å². The Bertz CT molecular complexity index is 1400. The first-order valence-electron chi connectivity index (χ1n) is 12.2. The van der Waals surface area contributed by atoms with Crippen molar-refractivity contribution in [2.45, 2.75) is 51.4 Å². The number of fused-ring (bicyclic) bond motifs is 1. The largest absolute Gasteiger partial charge is 0.477 e. The van der Waals surface area contributed by atoms with Gasteiger partial charge in [0.15, 0.2) is 0 Å². The number of carboxylic acids is 1. The summed E-state index contributed by atoms with van der Waals surface area (Å²) < 4.78 is 0. The lowest BCUT2D eigenvalue weighted by Crippen LogP contribution is -2.33. The maximum atomic E-state index is 11.2. The van der Waals surface area contributed by atoms with Crippen molar-refractivity contribution in [1.29, 1.82) is 0 Å². The van der Waals surface area contributed by atoms with Crippen molar-refractivity contribution < 1.29 is 9.90 Å². The third-order valence-electron chi connectivity index (χ3n) is 7.58. The lowest BCUT2D eigenvalue weighted by atomic mass is 9.63. The number of benzene rings is 3. The van der Waals surface area contributed by atoms with Crippen molar-refractivity contribution in [3.8, 4) is 33.4 Å². The lowest BCUT2D eigenvalue weighted by Gasteiger charge is -2.42. The quantitative estimate of drug-likeness (QED) is 0.334. The number of hydrogen-bond acceptors (Lipinski definition) is 2. The highest BCUT2D eigenvalue weighted by Gasteiger charge is 2.37. The van der Waals surface area contributed by atoms with E-state index in [-0.39, 0.29) is 16.5 Å². The first-order chi connectivity index (χ1) is 16.7. The Morgan fingerprint density at radius 1 is 0.686 bits per heavy atom. The normalized spacial score (nSPS) is 15.9.